The number of rotatable bonds is 11. The van der Waals surface area contributed by atoms with Gasteiger partial charge in [0.15, 0.2) is 5.78 Å². The topological polar surface area (TPSA) is 104 Å². The zero-order valence-electron chi connectivity index (χ0n) is 21.2. The molecule has 0 aliphatic rings. The number of nitrogens with zero attached hydrogens (tertiary/aromatic N) is 2. The molecule has 0 aliphatic carbocycles. The minimum absolute atomic E-state index is 0.0674. The lowest BCUT2D eigenvalue weighted by molar-refractivity contribution is -0.139. The molecule has 8 nitrogen and oxygen atoms in total. The summed E-state index contributed by atoms with van der Waals surface area (Å²) in [7, 11) is -3.86. The van der Waals surface area contributed by atoms with Gasteiger partial charge in [0.2, 0.25) is 21.8 Å². The molecule has 2 rings (SSSR count). The third kappa shape index (κ3) is 7.65. The first-order valence-corrected chi connectivity index (χ1v) is 13.4. The molecule has 35 heavy (non-hydrogen) atoms. The Morgan fingerprint density at radius 1 is 1.03 bits per heavy atom. The van der Waals surface area contributed by atoms with E-state index < -0.39 is 28.5 Å². The summed E-state index contributed by atoms with van der Waals surface area (Å²) in [6, 6.07) is 12.8. The Morgan fingerprint density at radius 3 is 2.26 bits per heavy atom. The molecule has 0 fully saturated rings. The molecule has 0 aliphatic heterocycles. The van der Waals surface area contributed by atoms with Crippen molar-refractivity contribution < 1.29 is 22.8 Å². The van der Waals surface area contributed by atoms with E-state index >= 15 is 0 Å². The van der Waals surface area contributed by atoms with Gasteiger partial charge < -0.3 is 10.2 Å². The number of amides is 2. The molecule has 0 bridgehead atoms. The van der Waals surface area contributed by atoms with Crippen LogP contribution < -0.4 is 9.62 Å². The van der Waals surface area contributed by atoms with Gasteiger partial charge in [0.05, 0.1) is 11.9 Å². The van der Waals surface area contributed by atoms with E-state index in [1.165, 1.54) is 24.0 Å². The fourth-order valence-corrected chi connectivity index (χ4v) is 4.35. The Bertz CT molecular complexity index is 1180. The standard InChI is InChI=1S/C26H35N3O5S/c1-7-19(3)27-26(32)20(4)28(16-23-12-9-8-11-18(23)2)25(31)17-29(35(6,33)34)24-14-10-13-22(15-24)21(5)30/h8-15,19-20H,7,16-17H2,1-6H3,(H,27,32)/t19-,20-/m1/s1. The summed E-state index contributed by atoms with van der Waals surface area (Å²) in [5, 5.41) is 2.90. The van der Waals surface area contributed by atoms with Gasteiger partial charge in [0.1, 0.15) is 12.6 Å². The molecule has 0 saturated carbocycles. The van der Waals surface area contributed by atoms with Crippen LogP contribution in [0.1, 0.15) is 55.6 Å². The van der Waals surface area contributed by atoms with E-state index in [0.717, 1.165) is 28.1 Å². The van der Waals surface area contributed by atoms with Crippen molar-refractivity contribution in [1.29, 1.82) is 0 Å². The molecule has 0 spiro atoms. The van der Waals surface area contributed by atoms with Gasteiger partial charge in [-0.3, -0.25) is 18.7 Å². The fraction of sp³-hybridized carbons (Fsp3) is 0.423. The summed E-state index contributed by atoms with van der Waals surface area (Å²) in [6.07, 6.45) is 1.74. The van der Waals surface area contributed by atoms with Crippen molar-refractivity contribution >= 4 is 33.3 Å². The van der Waals surface area contributed by atoms with Crippen LogP contribution >= 0.6 is 0 Å². The number of hydrogen-bond acceptors (Lipinski definition) is 5. The minimum Gasteiger partial charge on any atom is -0.352 e. The van der Waals surface area contributed by atoms with Gasteiger partial charge in [-0.2, -0.15) is 0 Å². The van der Waals surface area contributed by atoms with E-state index in [0.29, 0.717) is 5.56 Å². The summed E-state index contributed by atoms with van der Waals surface area (Å²) >= 11 is 0. The number of anilines is 1. The first kappa shape index (κ1) is 28.0. The normalized spacial score (nSPS) is 13.0. The number of sulfonamides is 1. The van der Waals surface area contributed by atoms with Gasteiger partial charge >= 0.3 is 0 Å². The van der Waals surface area contributed by atoms with Gasteiger partial charge in [-0.25, -0.2) is 8.42 Å². The van der Waals surface area contributed by atoms with Crippen LogP contribution in [0.2, 0.25) is 0 Å². The Balaban J connectivity index is 2.44. The van der Waals surface area contributed by atoms with E-state index in [4.69, 9.17) is 0 Å². The van der Waals surface area contributed by atoms with Gasteiger partial charge in [0, 0.05) is 18.2 Å². The van der Waals surface area contributed by atoms with E-state index in [1.54, 1.807) is 19.1 Å². The van der Waals surface area contributed by atoms with Crippen LogP contribution in [-0.4, -0.2) is 55.8 Å². The molecule has 0 heterocycles. The Hall–Kier alpha value is -3.20. The number of hydrogen-bond donors (Lipinski definition) is 1. The molecule has 0 unspecified atom stereocenters. The lowest BCUT2D eigenvalue weighted by Gasteiger charge is -2.32. The summed E-state index contributed by atoms with van der Waals surface area (Å²) in [5.41, 5.74) is 2.35. The number of nitrogens with one attached hydrogen (secondary N) is 1. The average Bonchev–Trinajstić information content (AvgIpc) is 2.80. The smallest absolute Gasteiger partial charge is 0.244 e. The summed E-state index contributed by atoms with van der Waals surface area (Å²) in [5.74, 6) is -1.06. The minimum atomic E-state index is -3.86. The van der Waals surface area contributed by atoms with E-state index in [2.05, 4.69) is 5.32 Å². The van der Waals surface area contributed by atoms with Crippen LogP contribution in [0, 0.1) is 6.92 Å². The molecule has 1 N–H and O–H groups in total. The Labute approximate surface area is 208 Å². The lowest BCUT2D eigenvalue weighted by atomic mass is 10.1. The third-order valence-electron chi connectivity index (χ3n) is 5.99. The second-order valence-corrected chi connectivity index (χ2v) is 10.7. The first-order valence-electron chi connectivity index (χ1n) is 11.6. The molecular formula is C26H35N3O5S. The predicted molar refractivity (Wildman–Crippen MR) is 138 cm³/mol. The second kappa shape index (κ2) is 12.0. The molecule has 2 aromatic rings. The molecule has 9 heteroatoms. The highest BCUT2D eigenvalue weighted by Gasteiger charge is 2.30. The Kier molecular flexibility index (Phi) is 9.59. The number of benzene rings is 2. The maximum Gasteiger partial charge on any atom is 0.244 e. The van der Waals surface area contributed by atoms with Crippen LogP contribution in [0.15, 0.2) is 48.5 Å². The highest BCUT2D eigenvalue weighted by Crippen LogP contribution is 2.21. The van der Waals surface area contributed by atoms with Crippen molar-refractivity contribution in [1.82, 2.24) is 10.2 Å². The highest BCUT2D eigenvalue weighted by atomic mass is 32.2. The highest BCUT2D eigenvalue weighted by molar-refractivity contribution is 7.92. The predicted octanol–water partition coefficient (Wildman–Crippen LogP) is 3.30. The van der Waals surface area contributed by atoms with Crippen molar-refractivity contribution in [2.75, 3.05) is 17.1 Å². The third-order valence-corrected chi connectivity index (χ3v) is 7.13. The SMILES string of the molecule is CC[C@@H](C)NC(=O)[C@@H](C)N(Cc1ccccc1C)C(=O)CN(c1cccc(C(C)=O)c1)S(C)(=O)=O. The van der Waals surface area contributed by atoms with Crippen molar-refractivity contribution in [2.45, 2.75) is 59.7 Å². The average molecular weight is 502 g/mol. The fourth-order valence-electron chi connectivity index (χ4n) is 3.51. The van der Waals surface area contributed by atoms with Gasteiger partial charge in [-0.15, -0.1) is 0 Å². The van der Waals surface area contributed by atoms with Crippen LogP contribution in [0.25, 0.3) is 0 Å². The van der Waals surface area contributed by atoms with E-state index in [-0.39, 0.29) is 30.0 Å². The van der Waals surface area contributed by atoms with Crippen LogP contribution in [0.5, 0.6) is 0 Å². The van der Waals surface area contributed by atoms with Crippen LogP contribution in [-0.2, 0) is 26.2 Å². The van der Waals surface area contributed by atoms with E-state index in [1.807, 2.05) is 45.0 Å². The monoisotopic (exact) mass is 501 g/mol. The molecule has 2 atom stereocenters. The maximum absolute atomic E-state index is 13.6. The summed E-state index contributed by atoms with van der Waals surface area (Å²) in [6.45, 7) is 8.40. The second-order valence-electron chi connectivity index (χ2n) is 8.82. The van der Waals surface area contributed by atoms with Gasteiger partial charge in [0.25, 0.3) is 0 Å². The Morgan fingerprint density at radius 2 is 1.69 bits per heavy atom. The van der Waals surface area contributed by atoms with E-state index in [9.17, 15) is 22.8 Å². The zero-order chi connectivity index (χ0) is 26.3. The van der Waals surface area contributed by atoms with Crippen LogP contribution in [0.4, 0.5) is 5.69 Å². The molecule has 0 radical (unpaired) electrons. The number of carbonyl (C=O) groups is 3. The lowest BCUT2D eigenvalue weighted by Crippen LogP contribution is -2.52. The molecule has 0 aromatic heterocycles. The number of carbonyl (C=O) groups excluding carboxylic acids is 3. The summed E-state index contributed by atoms with van der Waals surface area (Å²) < 4.78 is 26.3. The van der Waals surface area contributed by atoms with Crippen molar-refractivity contribution in [3.8, 4) is 0 Å². The quantitative estimate of drug-likeness (QED) is 0.476. The maximum atomic E-state index is 13.6. The molecule has 2 aromatic carbocycles. The van der Waals surface area contributed by atoms with Gasteiger partial charge in [-0.05, 0) is 57.4 Å². The van der Waals surface area contributed by atoms with Crippen LogP contribution in [0.3, 0.4) is 0 Å². The molecule has 0 saturated heterocycles. The summed E-state index contributed by atoms with van der Waals surface area (Å²) in [4.78, 5) is 39.7. The number of ketones is 1. The van der Waals surface area contributed by atoms with Crippen molar-refractivity contribution in [3.05, 3.63) is 65.2 Å². The van der Waals surface area contributed by atoms with Crippen molar-refractivity contribution in [2.24, 2.45) is 0 Å². The molecule has 190 valence electrons. The van der Waals surface area contributed by atoms with Gasteiger partial charge in [-0.1, -0.05) is 43.3 Å². The molecular weight excluding hydrogens is 466 g/mol. The first-order chi connectivity index (χ1) is 16.3. The number of Topliss-reactive ketones (excluding diaryl/α,β-unsaturated/α-hetero) is 1. The molecule has 2 amide bonds. The number of aryl methyl sites for hydroxylation is 1. The largest absolute Gasteiger partial charge is 0.352 e. The zero-order valence-corrected chi connectivity index (χ0v) is 22.1. The van der Waals surface area contributed by atoms with Crippen molar-refractivity contribution in [3.63, 3.8) is 0 Å².